The predicted molar refractivity (Wildman–Crippen MR) is 118 cm³/mol. The molecule has 4 rings (SSSR count). The van der Waals surface area contributed by atoms with Crippen LogP contribution in [0.25, 0.3) is 0 Å². The lowest BCUT2D eigenvalue weighted by atomic mass is 10.00. The minimum atomic E-state index is -0.442. The van der Waals surface area contributed by atoms with E-state index in [-0.39, 0.29) is 18.0 Å². The number of ether oxygens (including phenoxy) is 1. The Morgan fingerprint density at radius 2 is 1.90 bits per heavy atom. The summed E-state index contributed by atoms with van der Waals surface area (Å²) >= 11 is 0. The first-order chi connectivity index (χ1) is 15.2. The molecule has 0 aromatic carbocycles. The van der Waals surface area contributed by atoms with Crippen molar-refractivity contribution >= 4 is 5.91 Å². The molecule has 0 radical (unpaired) electrons. The lowest BCUT2D eigenvalue weighted by Gasteiger charge is -2.40. The fourth-order valence-electron chi connectivity index (χ4n) is 5.19. The van der Waals surface area contributed by atoms with Crippen LogP contribution in [0.2, 0.25) is 0 Å². The maximum absolute atomic E-state index is 12.4. The Morgan fingerprint density at radius 3 is 2.65 bits per heavy atom. The number of carbonyl (C=O) groups excluding carboxylic acids is 1. The molecule has 1 N–H and O–H groups in total. The average Bonchev–Trinajstić information content (AvgIpc) is 3.14. The summed E-state index contributed by atoms with van der Waals surface area (Å²) in [6.45, 7) is 9.97. The maximum atomic E-state index is 12.4. The molecule has 1 amide bonds. The van der Waals surface area contributed by atoms with E-state index in [1.807, 2.05) is 6.92 Å². The smallest absolute Gasteiger partial charge is 0.346 e. The van der Waals surface area contributed by atoms with Crippen LogP contribution in [0.5, 0.6) is 0 Å². The van der Waals surface area contributed by atoms with Crippen LogP contribution in [0.4, 0.5) is 0 Å². The lowest BCUT2D eigenvalue weighted by molar-refractivity contribution is -0.125. The van der Waals surface area contributed by atoms with Crippen LogP contribution in [-0.2, 0) is 22.6 Å². The molecule has 2 saturated heterocycles. The Hall–Kier alpha value is -1.71. The minimum Gasteiger partial charge on any atom is -0.368 e. The summed E-state index contributed by atoms with van der Waals surface area (Å²) in [4.78, 5) is 29.9. The summed E-state index contributed by atoms with van der Waals surface area (Å²) in [5.74, 6) is 0.533. The first kappa shape index (κ1) is 22.5. The van der Waals surface area contributed by atoms with Gasteiger partial charge in [0.25, 0.3) is 0 Å². The van der Waals surface area contributed by atoms with Gasteiger partial charge in [-0.1, -0.05) is 6.42 Å². The van der Waals surface area contributed by atoms with Crippen molar-refractivity contribution in [3.8, 4) is 0 Å². The van der Waals surface area contributed by atoms with E-state index in [1.165, 1.54) is 63.0 Å². The summed E-state index contributed by atoms with van der Waals surface area (Å²) in [6, 6.07) is 0.778. The van der Waals surface area contributed by atoms with Gasteiger partial charge >= 0.3 is 5.69 Å². The van der Waals surface area contributed by atoms with E-state index in [9.17, 15) is 9.59 Å². The number of aromatic nitrogens is 3. The number of nitrogens with zero attached hydrogens (tertiary/aromatic N) is 5. The number of aryl methyl sites for hydroxylation is 1. The highest BCUT2D eigenvalue weighted by Crippen LogP contribution is 2.23. The van der Waals surface area contributed by atoms with Crippen molar-refractivity contribution in [2.24, 2.45) is 0 Å². The van der Waals surface area contributed by atoms with Gasteiger partial charge in [0.1, 0.15) is 6.10 Å². The van der Waals surface area contributed by atoms with Gasteiger partial charge in [0, 0.05) is 19.1 Å². The highest BCUT2D eigenvalue weighted by molar-refractivity contribution is 5.76. The van der Waals surface area contributed by atoms with E-state index in [0.29, 0.717) is 32.1 Å². The first-order valence-electron chi connectivity index (χ1n) is 12.2. The number of piperidine rings is 2. The van der Waals surface area contributed by atoms with Gasteiger partial charge in [-0.15, -0.1) is 0 Å². The fraction of sp³-hybridized carbons (Fsp3) is 0.864. The molecule has 3 aliphatic rings. The molecule has 3 aliphatic heterocycles. The molecular weight excluding hydrogens is 396 g/mol. The van der Waals surface area contributed by atoms with Crippen LogP contribution in [0.1, 0.15) is 63.8 Å². The first-order valence-corrected chi connectivity index (χ1v) is 12.2. The zero-order valence-corrected chi connectivity index (χ0v) is 18.9. The number of rotatable bonds is 8. The standard InChI is InChI=1S/C22H38N6O3/c1-2-28-22(30)27-15-16-31-19(21(27)24-28)17-20(29)23-9-6-10-25-13-7-18(8-14-25)26-11-4-3-5-12-26/h18-19H,2-17H2,1H3,(H,23,29). The molecule has 2 fully saturated rings. The predicted octanol–water partition coefficient (Wildman–Crippen LogP) is 0.983. The highest BCUT2D eigenvalue weighted by Gasteiger charge is 2.29. The number of nitrogens with one attached hydrogen (secondary N) is 1. The van der Waals surface area contributed by atoms with Crippen LogP contribution in [0.3, 0.4) is 0 Å². The van der Waals surface area contributed by atoms with E-state index in [2.05, 4.69) is 20.2 Å². The third-order valence-corrected chi connectivity index (χ3v) is 6.98. The van der Waals surface area contributed by atoms with Crippen molar-refractivity contribution in [3.63, 3.8) is 0 Å². The number of likely N-dealkylation sites (tertiary alicyclic amines) is 2. The van der Waals surface area contributed by atoms with Gasteiger partial charge in [-0.2, -0.15) is 5.10 Å². The largest absolute Gasteiger partial charge is 0.368 e. The molecule has 1 aromatic heterocycles. The molecule has 0 spiro atoms. The monoisotopic (exact) mass is 434 g/mol. The molecule has 174 valence electrons. The second-order valence-corrected chi connectivity index (χ2v) is 9.04. The average molecular weight is 435 g/mol. The second-order valence-electron chi connectivity index (χ2n) is 9.04. The molecular formula is C22H38N6O3. The zero-order chi connectivity index (χ0) is 21.6. The molecule has 4 heterocycles. The second kappa shape index (κ2) is 10.7. The van der Waals surface area contributed by atoms with Gasteiger partial charge in [0.05, 0.1) is 19.6 Å². The summed E-state index contributed by atoms with van der Waals surface area (Å²) in [5.41, 5.74) is -0.115. The molecule has 1 aromatic rings. The number of fused-ring (bicyclic) bond motifs is 1. The van der Waals surface area contributed by atoms with Gasteiger partial charge < -0.3 is 19.9 Å². The Balaban J connectivity index is 1.14. The van der Waals surface area contributed by atoms with Crippen LogP contribution in [0, 0.1) is 0 Å². The van der Waals surface area contributed by atoms with Crippen molar-refractivity contribution in [1.82, 2.24) is 29.5 Å². The molecule has 0 bridgehead atoms. The van der Waals surface area contributed by atoms with Crippen molar-refractivity contribution in [2.45, 2.75) is 77.1 Å². The molecule has 0 aliphatic carbocycles. The molecule has 31 heavy (non-hydrogen) atoms. The topological polar surface area (TPSA) is 84.6 Å². The molecule has 1 unspecified atom stereocenters. The van der Waals surface area contributed by atoms with Crippen molar-refractivity contribution < 1.29 is 9.53 Å². The van der Waals surface area contributed by atoms with Gasteiger partial charge in [-0.25, -0.2) is 9.48 Å². The van der Waals surface area contributed by atoms with E-state index in [0.717, 1.165) is 19.0 Å². The quantitative estimate of drug-likeness (QED) is 0.614. The Labute approximate surface area is 184 Å². The van der Waals surface area contributed by atoms with Crippen LogP contribution in [-0.4, -0.2) is 82.0 Å². The van der Waals surface area contributed by atoms with Crippen LogP contribution < -0.4 is 11.0 Å². The van der Waals surface area contributed by atoms with E-state index < -0.39 is 6.10 Å². The van der Waals surface area contributed by atoms with E-state index in [1.54, 1.807) is 4.57 Å². The summed E-state index contributed by atoms with van der Waals surface area (Å²) in [5, 5.41) is 7.37. The summed E-state index contributed by atoms with van der Waals surface area (Å²) in [6.07, 6.45) is 7.41. The van der Waals surface area contributed by atoms with Crippen LogP contribution >= 0.6 is 0 Å². The molecule has 0 saturated carbocycles. The Morgan fingerprint density at radius 1 is 1.13 bits per heavy atom. The summed E-state index contributed by atoms with van der Waals surface area (Å²) in [7, 11) is 0. The minimum absolute atomic E-state index is 0.0410. The number of hydrogen-bond acceptors (Lipinski definition) is 6. The number of hydrogen-bond donors (Lipinski definition) is 1. The summed E-state index contributed by atoms with van der Waals surface area (Å²) < 4.78 is 8.81. The Bertz CT molecular complexity index is 777. The van der Waals surface area contributed by atoms with Gasteiger partial charge in [0.15, 0.2) is 5.82 Å². The SMILES string of the molecule is CCn1nc2n(c1=O)CCOC2CC(=O)NCCCN1CCC(N2CCCCC2)CC1. The van der Waals surface area contributed by atoms with E-state index >= 15 is 0 Å². The van der Waals surface area contributed by atoms with Crippen LogP contribution in [0.15, 0.2) is 4.79 Å². The third-order valence-electron chi connectivity index (χ3n) is 6.98. The third kappa shape index (κ3) is 5.56. The zero-order valence-electron chi connectivity index (χ0n) is 18.9. The van der Waals surface area contributed by atoms with Crippen molar-refractivity contribution in [3.05, 3.63) is 16.3 Å². The molecule has 1 atom stereocenters. The highest BCUT2D eigenvalue weighted by atomic mass is 16.5. The molecule has 9 heteroatoms. The van der Waals surface area contributed by atoms with Gasteiger partial charge in [-0.3, -0.25) is 9.36 Å². The normalized spacial score (nSPS) is 23.6. The lowest BCUT2D eigenvalue weighted by Crippen LogP contribution is -2.47. The Kier molecular flexibility index (Phi) is 7.79. The number of carbonyl (C=O) groups is 1. The van der Waals surface area contributed by atoms with Crippen molar-refractivity contribution in [1.29, 1.82) is 0 Å². The van der Waals surface area contributed by atoms with Gasteiger partial charge in [0.2, 0.25) is 5.91 Å². The van der Waals surface area contributed by atoms with Gasteiger partial charge in [-0.05, 0) is 71.8 Å². The molecule has 9 nitrogen and oxygen atoms in total. The maximum Gasteiger partial charge on any atom is 0.346 e. The van der Waals surface area contributed by atoms with E-state index in [4.69, 9.17) is 4.74 Å². The fourth-order valence-corrected chi connectivity index (χ4v) is 5.19. The van der Waals surface area contributed by atoms with Crippen molar-refractivity contribution in [2.75, 3.05) is 45.9 Å². The number of amides is 1.